The lowest BCUT2D eigenvalue weighted by Gasteiger charge is -2.21. The van der Waals surface area contributed by atoms with E-state index in [9.17, 15) is 43.2 Å². The second-order valence-corrected chi connectivity index (χ2v) is 27.1. The number of rotatable bonds is 68. The van der Waals surface area contributed by atoms with Crippen molar-refractivity contribution in [1.82, 2.24) is 0 Å². The van der Waals surface area contributed by atoms with Gasteiger partial charge < -0.3 is 33.8 Å². The summed E-state index contributed by atoms with van der Waals surface area (Å²) >= 11 is 0. The van der Waals surface area contributed by atoms with Gasteiger partial charge in [0.2, 0.25) is 0 Å². The van der Waals surface area contributed by atoms with Crippen molar-refractivity contribution in [2.75, 3.05) is 39.6 Å². The molecule has 3 N–H and O–H groups in total. The van der Waals surface area contributed by atoms with Gasteiger partial charge in [-0.15, -0.1) is 0 Å². The van der Waals surface area contributed by atoms with Crippen molar-refractivity contribution in [3.63, 3.8) is 0 Å². The summed E-state index contributed by atoms with van der Waals surface area (Å²) in [5.41, 5.74) is 0. The van der Waals surface area contributed by atoms with Crippen LogP contribution in [0.1, 0.15) is 310 Å². The van der Waals surface area contributed by atoms with E-state index in [1.54, 1.807) is 0 Å². The van der Waals surface area contributed by atoms with Crippen LogP contribution in [0.5, 0.6) is 0 Å². The Morgan fingerprint density at radius 1 is 0.304 bits per heavy atom. The molecule has 0 aliphatic rings. The van der Waals surface area contributed by atoms with Gasteiger partial charge >= 0.3 is 39.5 Å². The fourth-order valence-electron chi connectivity index (χ4n) is 9.48. The molecule has 0 radical (unpaired) electrons. The molecule has 0 heterocycles. The van der Waals surface area contributed by atoms with Gasteiger partial charge in [-0.1, -0.05) is 229 Å². The first kappa shape index (κ1) is 88.5. The number of esters is 4. The maximum Gasteiger partial charge on any atom is 0.472 e. The number of phosphoric acid groups is 2. The lowest BCUT2D eigenvalue weighted by molar-refractivity contribution is -0.161. The normalized spacial score (nSPS) is 14.5. The van der Waals surface area contributed by atoms with Crippen molar-refractivity contribution < 1.29 is 80.2 Å². The van der Waals surface area contributed by atoms with E-state index in [0.29, 0.717) is 25.7 Å². The fourth-order valence-corrected chi connectivity index (χ4v) is 11.1. The summed E-state index contributed by atoms with van der Waals surface area (Å²) < 4.78 is 68.2. The number of carbonyl (C=O) groups is 4. The molecule has 0 fully saturated rings. The van der Waals surface area contributed by atoms with Crippen LogP contribution in [0.3, 0.4) is 0 Å². The Balaban J connectivity index is 5.31. The van der Waals surface area contributed by atoms with Crippen LogP contribution in [0.25, 0.3) is 0 Å². The molecule has 0 aliphatic heterocycles. The van der Waals surface area contributed by atoms with Gasteiger partial charge in [0.1, 0.15) is 19.3 Å². The number of phosphoric ester groups is 2. The molecule has 0 aromatic heterocycles. The van der Waals surface area contributed by atoms with Gasteiger partial charge in [0, 0.05) is 25.7 Å². The summed E-state index contributed by atoms with van der Waals surface area (Å²) in [4.78, 5) is 72.5. The third-order valence-electron chi connectivity index (χ3n) is 15.1. The molecule has 92 heavy (non-hydrogen) atoms. The molecule has 0 spiro atoms. The Morgan fingerprint density at radius 2 is 0.543 bits per heavy atom. The number of unbranched alkanes of at least 4 members (excludes halogenated alkanes) is 30. The summed E-state index contributed by atoms with van der Waals surface area (Å²) in [5.74, 6) is -2.21. The highest BCUT2D eigenvalue weighted by molar-refractivity contribution is 7.47. The van der Waals surface area contributed by atoms with Crippen molar-refractivity contribution >= 4 is 39.5 Å². The molecule has 0 aromatic carbocycles. The monoisotopic (exact) mass is 1340 g/mol. The minimum absolute atomic E-state index is 0.0831. The van der Waals surface area contributed by atoms with Gasteiger partial charge in [-0.3, -0.25) is 37.3 Å². The summed E-state index contributed by atoms with van der Waals surface area (Å²) in [6.45, 7) is 4.70. The summed E-state index contributed by atoms with van der Waals surface area (Å²) in [6, 6.07) is 0. The molecular formula is C73H130O17P2. The molecule has 4 unspecified atom stereocenters. The van der Waals surface area contributed by atoms with Gasteiger partial charge in [0.05, 0.1) is 26.4 Å². The Hall–Kier alpha value is -3.50. The SMILES string of the molecule is CCCC/C=C\CCCCCCCC(=O)OC(COC(=O)CCCCCCC/C=C\C/C=C\CCCCC)COP(=O)(O)OCC(O)COP(=O)(O)OCC(COC(=O)CCCCCCC/C=C\C/C=C\CCCCC)OC(=O)CCCCCCC/C=C\CCCC. The van der Waals surface area contributed by atoms with Crippen LogP contribution in [0.15, 0.2) is 72.9 Å². The molecule has 19 heteroatoms. The summed E-state index contributed by atoms with van der Waals surface area (Å²) in [5, 5.41) is 10.6. The van der Waals surface area contributed by atoms with Crippen LogP contribution in [-0.2, 0) is 65.4 Å². The first-order valence-corrected chi connectivity index (χ1v) is 39.2. The molecule has 4 atom stereocenters. The maximum absolute atomic E-state index is 13.0. The second-order valence-electron chi connectivity index (χ2n) is 24.2. The minimum atomic E-state index is -4.97. The topological polar surface area (TPSA) is 237 Å². The standard InChI is InChI=1S/C73H130O17P2/c1-5-9-13-17-21-25-29-31-33-35-39-41-45-49-53-57-70(75)83-63-68(89-72(77)59-55-51-47-43-37-27-23-19-15-11-7-3)65-87-91(79,80)85-61-67(74)62-86-92(81,82)88-66-69(90-73(78)60-56-52-48-44-38-28-24-20-16-12-8-4)64-84-71(76)58-54-50-46-42-40-36-34-32-30-26-22-18-14-10-6-2/h19-26,31-34,67-69,74H,5-18,27-30,35-66H2,1-4H3,(H,79,80)(H,81,82)/b23-19-,24-20-,25-21-,26-22-,33-31-,34-32-. The van der Waals surface area contributed by atoms with Gasteiger partial charge in [0.15, 0.2) is 12.2 Å². The van der Waals surface area contributed by atoms with E-state index in [-0.39, 0.29) is 25.7 Å². The highest BCUT2D eigenvalue weighted by atomic mass is 31.2. The average molecular weight is 1340 g/mol. The molecule has 0 amide bonds. The highest BCUT2D eigenvalue weighted by Crippen LogP contribution is 2.45. The van der Waals surface area contributed by atoms with E-state index in [4.69, 9.17) is 37.0 Å². The zero-order valence-corrected chi connectivity index (χ0v) is 59.8. The van der Waals surface area contributed by atoms with Gasteiger partial charge in [-0.05, 0) is 128 Å². The van der Waals surface area contributed by atoms with Crippen LogP contribution < -0.4 is 0 Å². The predicted molar refractivity (Wildman–Crippen MR) is 372 cm³/mol. The largest absolute Gasteiger partial charge is 0.472 e. The molecular weight excluding hydrogens is 1210 g/mol. The van der Waals surface area contributed by atoms with Crippen molar-refractivity contribution in [2.24, 2.45) is 0 Å². The first-order chi connectivity index (χ1) is 44.7. The number of hydrogen-bond acceptors (Lipinski definition) is 15. The number of aliphatic hydroxyl groups is 1. The predicted octanol–water partition coefficient (Wildman–Crippen LogP) is 20.1. The molecule has 0 rings (SSSR count). The molecule has 0 saturated carbocycles. The lowest BCUT2D eigenvalue weighted by atomic mass is 10.1. The Kier molecular flexibility index (Phi) is 63.6. The fraction of sp³-hybridized carbons (Fsp3) is 0.781. The van der Waals surface area contributed by atoms with E-state index in [1.165, 1.54) is 64.2 Å². The minimum Gasteiger partial charge on any atom is -0.462 e. The molecule has 0 bridgehead atoms. The Bertz CT molecular complexity index is 1900. The van der Waals surface area contributed by atoms with Gasteiger partial charge in [0.25, 0.3) is 0 Å². The van der Waals surface area contributed by atoms with Gasteiger partial charge in [-0.2, -0.15) is 0 Å². The van der Waals surface area contributed by atoms with E-state index in [0.717, 1.165) is 167 Å². The van der Waals surface area contributed by atoms with Crippen LogP contribution in [0.2, 0.25) is 0 Å². The number of ether oxygens (including phenoxy) is 4. The van der Waals surface area contributed by atoms with Crippen LogP contribution in [0.4, 0.5) is 0 Å². The molecule has 0 aromatic rings. The van der Waals surface area contributed by atoms with E-state index >= 15 is 0 Å². The van der Waals surface area contributed by atoms with Crippen LogP contribution >= 0.6 is 15.6 Å². The third-order valence-corrected chi connectivity index (χ3v) is 17.0. The average Bonchev–Trinajstić information content (AvgIpc) is 2.46. The molecule has 17 nitrogen and oxygen atoms in total. The van der Waals surface area contributed by atoms with E-state index < -0.39 is 97.5 Å². The van der Waals surface area contributed by atoms with Crippen molar-refractivity contribution in [3.05, 3.63) is 72.9 Å². The van der Waals surface area contributed by atoms with E-state index in [2.05, 4.69) is 101 Å². The lowest BCUT2D eigenvalue weighted by Crippen LogP contribution is -2.30. The Morgan fingerprint density at radius 3 is 0.848 bits per heavy atom. The third kappa shape index (κ3) is 65.2. The van der Waals surface area contributed by atoms with Crippen molar-refractivity contribution in [2.45, 2.75) is 329 Å². The van der Waals surface area contributed by atoms with Gasteiger partial charge in [-0.25, -0.2) is 9.13 Å². The van der Waals surface area contributed by atoms with Crippen LogP contribution in [-0.4, -0.2) is 96.7 Å². The quantitative estimate of drug-likeness (QED) is 0.0169. The van der Waals surface area contributed by atoms with Crippen molar-refractivity contribution in [3.8, 4) is 0 Å². The smallest absolute Gasteiger partial charge is 0.462 e. The molecule has 0 saturated heterocycles. The molecule has 534 valence electrons. The second kappa shape index (κ2) is 66.1. The highest BCUT2D eigenvalue weighted by Gasteiger charge is 2.30. The van der Waals surface area contributed by atoms with E-state index in [1.807, 2.05) is 0 Å². The number of allylic oxidation sites excluding steroid dienone is 12. The Labute approximate surface area is 558 Å². The number of aliphatic hydroxyl groups excluding tert-OH is 1. The number of carbonyl (C=O) groups excluding carboxylic acids is 4. The van der Waals surface area contributed by atoms with Crippen molar-refractivity contribution in [1.29, 1.82) is 0 Å². The summed E-state index contributed by atoms with van der Waals surface area (Å²) in [6.07, 6.45) is 63.4. The van der Waals surface area contributed by atoms with Crippen LogP contribution in [0, 0.1) is 0 Å². The summed E-state index contributed by atoms with van der Waals surface area (Å²) in [7, 11) is -9.94. The maximum atomic E-state index is 13.0. The first-order valence-electron chi connectivity index (χ1n) is 36.2. The molecule has 0 aliphatic carbocycles. The zero-order chi connectivity index (χ0) is 67.5. The number of hydrogen-bond donors (Lipinski definition) is 3. The zero-order valence-electron chi connectivity index (χ0n) is 58.0.